The van der Waals surface area contributed by atoms with E-state index in [1.165, 1.54) is 19.2 Å². The van der Waals surface area contributed by atoms with Gasteiger partial charge in [-0.05, 0) is 29.8 Å². The Morgan fingerprint density at radius 1 is 1.22 bits per heavy atom. The van der Waals surface area contributed by atoms with Crippen LogP contribution in [0.1, 0.15) is 22.0 Å². The van der Waals surface area contributed by atoms with Crippen molar-refractivity contribution in [3.8, 4) is 5.75 Å². The summed E-state index contributed by atoms with van der Waals surface area (Å²) < 4.78 is 5.03. The molecule has 2 N–H and O–H groups in total. The first kappa shape index (κ1) is 17.9. The van der Waals surface area contributed by atoms with Gasteiger partial charge in [-0.1, -0.05) is 46.9 Å². The highest BCUT2D eigenvalue weighted by Crippen LogP contribution is 2.33. The monoisotopic (exact) mass is 373 g/mol. The van der Waals surface area contributed by atoms with E-state index in [2.05, 4.69) is 5.32 Å². The lowest BCUT2D eigenvalue weighted by Crippen LogP contribution is -2.28. The Balaban J connectivity index is 2.05. The number of ether oxygens (including phenoxy) is 1. The van der Waals surface area contributed by atoms with E-state index >= 15 is 0 Å². The molecule has 2 rings (SSSR count). The second kappa shape index (κ2) is 7.88. The smallest absolute Gasteiger partial charge is 0.251 e. The molecular formula is C16H14Cl3NO3. The molecule has 0 radical (unpaired) electrons. The number of rotatable bonds is 5. The van der Waals surface area contributed by atoms with Crippen LogP contribution in [0.15, 0.2) is 36.4 Å². The van der Waals surface area contributed by atoms with E-state index in [9.17, 15) is 9.90 Å². The molecule has 0 aromatic heterocycles. The maximum Gasteiger partial charge on any atom is 0.251 e. The van der Waals surface area contributed by atoms with Crippen LogP contribution < -0.4 is 10.1 Å². The van der Waals surface area contributed by atoms with Gasteiger partial charge in [0.15, 0.2) is 5.75 Å². The van der Waals surface area contributed by atoms with Crippen LogP contribution in [0.5, 0.6) is 5.75 Å². The van der Waals surface area contributed by atoms with E-state index in [1.807, 2.05) is 0 Å². The van der Waals surface area contributed by atoms with Crippen molar-refractivity contribution < 1.29 is 14.6 Å². The number of methoxy groups -OCH3 is 1. The van der Waals surface area contributed by atoms with Gasteiger partial charge in [-0.25, -0.2) is 0 Å². The summed E-state index contributed by atoms with van der Waals surface area (Å²) in [5.41, 5.74) is 0.891. The number of benzene rings is 2. The predicted octanol–water partition coefficient (Wildman–Crippen LogP) is 4.12. The van der Waals surface area contributed by atoms with Crippen molar-refractivity contribution in [2.24, 2.45) is 0 Å². The molecule has 0 bridgehead atoms. The van der Waals surface area contributed by atoms with Crippen LogP contribution in [0.25, 0.3) is 0 Å². The van der Waals surface area contributed by atoms with Crippen LogP contribution in [0, 0.1) is 0 Å². The number of aliphatic hydroxyl groups is 1. The average molecular weight is 375 g/mol. The highest BCUT2D eigenvalue weighted by Gasteiger charge is 2.15. The number of halogens is 3. The third kappa shape index (κ3) is 4.52. The first-order valence-corrected chi connectivity index (χ1v) is 7.80. The van der Waals surface area contributed by atoms with Crippen LogP contribution in [0.2, 0.25) is 15.1 Å². The zero-order valence-electron chi connectivity index (χ0n) is 12.1. The molecule has 0 saturated carbocycles. The Hall–Kier alpha value is -1.46. The normalized spacial score (nSPS) is 11.9. The van der Waals surface area contributed by atoms with E-state index in [0.29, 0.717) is 16.3 Å². The van der Waals surface area contributed by atoms with Crippen LogP contribution in [0.4, 0.5) is 0 Å². The zero-order valence-corrected chi connectivity index (χ0v) is 14.4. The van der Waals surface area contributed by atoms with Crippen molar-refractivity contribution in [1.82, 2.24) is 5.32 Å². The second-order valence-corrected chi connectivity index (χ2v) is 6.00. The minimum atomic E-state index is -0.873. The standard InChI is InChI=1S/C16H14Cl3NO3/c1-23-15-12(18)6-10(7-13(15)19)16(22)20-8-14(21)9-3-2-4-11(17)5-9/h2-7,14,21H,8H2,1H3,(H,20,22)/t14-/m0/s1. The Bertz CT molecular complexity index is 698. The van der Waals surface area contributed by atoms with Crippen LogP contribution >= 0.6 is 34.8 Å². The molecule has 0 saturated heterocycles. The van der Waals surface area contributed by atoms with Gasteiger partial charge in [-0.3, -0.25) is 4.79 Å². The summed E-state index contributed by atoms with van der Waals surface area (Å²) in [6.45, 7) is 0.0282. The van der Waals surface area contributed by atoms with Gasteiger partial charge >= 0.3 is 0 Å². The number of amides is 1. The number of nitrogens with one attached hydrogen (secondary N) is 1. The zero-order chi connectivity index (χ0) is 17.0. The molecule has 23 heavy (non-hydrogen) atoms. The summed E-state index contributed by atoms with van der Waals surface area (Å²) in [6, 6.07) is 9.70. The van der Waals surface area contributed by atoms with Gasteiger partial charge in [0.2, 0.25) is 0 Å². The fraction of sp³-hybridized carbons (Fsp3) is 0.188. The first-order valence-electron chi connectivity index (χ1n) is 6.67. The summed E-state index contributed by atoms with van der Waals surface area (Å²) in [4.78, 5) is 12.1. The molecule has 1 amide bonds. The summed E-state index contributed by atoms with van der Waals surface area (Å²) >= 11 is 17.9. The quantitative estimate of drug-likeness (QED) is 0.827. The third-order valence-electron chi connectivity index (χ3n) is 3.15. The molecule has 2 aromatic rings. The van der Waals surface area contributed by atoms with Gasteiger partial charge in [-0.15, -0.1) is 0 Å². The van der Waals surface area contributed by atoms with Gasteiger partial charge in [0, 0.05) is 17.1 Å². The lowest BCUT2D eigenvalue weighted by atomic mass is 10.1. The topological polar surface area (TPSA) is 58.6 Å². The molecule has 0 heterocycles. The van der Waals surface area contributed by atoms with Crippen LogP contribution in [-0.2, 0) is 0 Å². The summed E-state index contributed by atoms with van der Waals surface area (Å²) in [5, 5.41) is 13.7. The number of carbonyl (C=O) groups is 1. The first-order chi connectivity index (χ1) is 10.9. The molecular weight excluding hydrogens is 361 g/mol. The molecule has 7 heteroatoms. The average Bonchev–Trinajstić information content (AvgIpc) is 2.51. The molecule has 0 aliphatic heterocycles. The number of aliphatic hydroxyl groups excluding tert-OH is 1. The predicted molar refractivity (Wildman–Crippen MR) is 91.8 cm³/mol. The third-order valence-corrected chi connectivity index (χ3v) is 3.95. The van der Waals surface area contributed by atoms with Crippen LogP contribution in [-0.4, -0.2) is 24.7 Å². The van der Waals surface area contributed by atoms with Crippen molar-refractivity contribution in [2.75, 3.05) is 13.7 Å². The van der Waals surface area contributed by atoms with E-state index < -0.39 is 12.0 Å². The number of hydrogen-bond donors (Lipinski definition) is 2. The SMILES string of the molecule is COc1c(Cl)cc(C(=O)NC[C@H](O)c2cccc(Cl)c2)cc1Cl. The van der Waals surface area contributed by atoms with E-state index in [1.54, 1.807) is 24.3 Å². The van der Waals surface area contributed by atoms with Gasteiger partial charge in [0.25, 0.3) is 5.91 Å². The maximum absolute atomic E-state index is 12.1. The molecule has 1 atom stereocenters. The minimum absolute atomic E-state index is 0.0282. The highest BCUT2D eigenvalue weighted by molar-refractivity contribution is 6.37. The van der Waals surface area contributed by atoms with Gasteiger partial charge in [-0.2, -0.15) is 0 Å². The van der Waals surface area contributed by atoms with Crippen LogP contribution in [0.3, 0.4) is 0 Å². The van der Waals surface area contributed by atoms with Crippen molar-refractivity contribution in [3.05, 3.63) is 62.6 Å². The molecule has 0 spiro atoms. The number of carbonyl (C=O) groups excluding carboxylic acids is 1. The Morgan fingerprint density at radius 3 is 2.43 bits per heavy atom. The lowest BCUT2D eigenvalue weighted by Gasteiger charge is -2.13. The summed E-state index contributed by atoms with van der Waals surface area (Å²) in [7, 11) is 1.44. The minimum Gasteiger partial charge on any atom is -0.494 e. The molecule has 2 aromatic carbocycles. The second-order valence-electron chi connectivity index (χ2n) is 4.75. The molecule has 0 aliphatic rings. The van der Waals surface area contributed by atoms with Crippen molar-refractivity contribution in [3.63, 3.8) is 0 Å². The van der Waals surface area contributed by atoms with E-state index in [4.69, 9.17) is 39.5 Å². The van der Waals surface area contributed by atoms with Crippen molar-refractivity contribution in [1.29, 1.82) is 0 Å². The fourth-order valence-electron chi connectivity index (χ4n) is 2.01. The van der Waals surface area contributed by atoms with Gasteiger partial charge < -0.3 is 15.2 Å². The lowest BCUT2D eigenvalue weighted by molar-refractivity contribution is 0.0916. The molecule has 0 fully saturated rings. The highest BCUT2D eigenvalue weighted by atomic mass is 35.5. The molecule has 4 nitrogen and oxygen atoms in total. The molecule has 122 valence electrons. The molecule has 0 aliphatic carbocycles. The Kier molecular flexibility index (Phi) is 6.13. The van der Waals surface area contributed by atoms with E-state index in [0.717, 1.165) is 0 Å². The number of hydrogen-bond acceptors (Lipinski definition) is 3. The summed E-state index contributed by atoms with van der Waals surface area (Å²) in [5.74, 6) is -0.0959. The van der Waals surface area contributed by atoms with Gasteiger partial charge in [0.1, 0.15) is 0 Å². The fourth-order valence-corrected chi connectivity index (χ4v) is 2.85. The van der Waals surface area contributed by atoms with E-state index in [-0.39, 0.29) is 22.2 Å². The van der Waals surface area contributed by atoms with Crippen molar-refractivity contribution >= 4 is 40.7 Å². The summed E-state index contributed by atoms with van der Waals surface area (Å²) in [6.07, 6.45) is -0.873. The Morgan fingerprint density at radius 2 is 1.87 bits per heavy atom. The van der Waals surface area contributed by atoms with Gasteiger partial charge in [0.05, 0.1) is 23.3 Å². The van der Waals surface area contributed by atoms with Crippen molar-refractivity contribution in [2.45, 2.75) is 6.10 Å². The molecule has 0 unspecified atom stereocenters. The largest absolute Gasteiger partial charge is 0.494 e. The maximum atomic E-state index is 12.1. The Labute approximate surface area is 148 Å².